The zero-order valence-electron chi connectivity index (χ0n) is 12.7. The van der Waals surface area contributed by atoms with Crippen LogP contribution < -0.4 is 4.74 Å². The van der Waals surface area contributed by atoms with Crippen LogP contribution in [0.15, 0.2) is 29.2 Å². The molecule has 2 rings (SSSR count). The fourth-order valence-corrected chi connectivity index (χ4v) is 3.22. The van der Waals surface area contributed by atoms with Crippen molar-refractivity contribution in [3.8, 4) is 5.75 Å². The smallest absolute Gasteiger partial charge is 0.266 e. The molecule has 1 fully saturated rings. The first-order chi connectivity index (χ1) is 10.7. The van der Waals surface area contributed by atoms with Gasteiger partial charge < -0.3 is 9.47 Å². The molecule has 0 saturated carbocycles. The molecule has 0 unspecified atom stereocenters. The van der Waals surface area contributed by atoms with Gasteiger partial charge in [0, 0.05) is 7.11 Å². The van der Waals surface area contributed by atoms with Crippen molar-refractivity contribution in [3.05, 3.63) is 34.7 Å². The number of hydrogen-bond donors (Lipinski definition) is 0. The molecule has 1 aromatic rings. The molecule has 118 valence electrons. The number of methoxy groups -OCH3 is 1. The molecule has 1 heterocycles. The Labute approximate surface area is 140 Å². The Balaban J connectivity index is 2.06. The third-order valence-electron chi connectivity index (χ3n) is 3.04. The third kappa shape index (κ3) is 4.32. The van der Waals surface area contributed by atoms with Gasteiger partial charge in [0.25, 0.3) is 5.91 Å². The van der Waals surface area contributed by atoms with Crippen LogP contribution in [-0.2, 0) is 9.53 Å². The number of amides is 1. The largest absolute Gasteiger partial charge is 0.494 e. The number of thioether (sulfide) groups is 1. The van der Waals surface area contributed by atoms with E-state index in [4.69, 9.17) is 21.7 Å². The second kappa shape index (κ2) is 8.31. The number of carbonyl (C=O) groups is 1. The van der Waals surface area contributed by atoms with Crippen molar-refractivity contribution in [2.45, 2.75) is 13.3 Å². The van der Waals surface area contributed by atoms with E-state index in [0.29, 0.717) is 29.0 Å². The first kappa shape index (κ1) is 17.0. The predicted molar refractivity (Wildman–Crippen MR) is 94.0 cm³/mol. The Morgan fingerprint density at radius 1 is 1.27 bits per heavy atom. The average Bonchev–Trinajstić information content (AvgIpc) is 2.79. The van der Waals surface area contributed by atoms with Crippen LogP contribution in [0, 0.1) is 0 Å². The van der Waals surface area contributed by atoms with Crippen molar-refractivity contribution in [1.82, 2.24) is 4.90 Å². The molecule has 0 spiro atoms. The summed E-state index contributed by atoms with van der Waals surface area (Å²) in [5.41, 5.74) is 0.955. The van der Waals surface area contributed by atoms with Crippen LogP contribution in [0.2, 0.25) is 0 Å². The number of ether oxygens (including phenoxy) is 2. The van der Waals surface area contributed by atoms with Crippen LogP contribution in [0.5, 0.6) is 5.75 Å². The number of hydrogen-bond acceptors (Lipinski definition) is 5. The summed E-state index contributed by atoms with van der Waals surface area (Å²) in [4.78, 5) is 14.5. The minimum absolute atomic E-state index is 0.0571. The van der Waals surface area contributed by atoms with E-state index in [1.165, 1.54) is 11.8 Å². The van der Waals surface area contributed by atoms with E-state index in [2.05, 4.69) is 6.92 Å². The monoisotopic (exact) mass is 337 g/mol. The Hall–Kier alpha value is -1.37. The first-order valence-corrected chi connectivity index (χ1v) is 8.35. The topological polar surface area (TPSA) is 38.8 Å². The molecule has 1 saturated heterocycles. The lowest BCUT2D eigenvalue weighted by Gasteiger charge is -2.12. The lowest BCUT2D eigenvalue weighted by molar-refractivity contribution is -0.122. The van der Waals surface area contributed by atoms with Gasteiger partial charge >= 0.3 is 0 Å². The van der Waals surface area contributed by atoms with Crippen LogP contribution in [0.1, 0.15) is 18.9 Å². The maximum Gasteiger partial charge on any atom is 0.266 e. The summed E-state index contributed by atoms with van der Waals surface area (Å²) in [7, 11) is 1.61. The van der Waals surface area contributed by atoms with Crippen LogP contribution in [0.4, 0.5) is 0 Å². The van der Waals surface area contributed by atoms with Crippen molar-refractivity contribution in [2.24, 2.45) is 0 Å². The molecule has 1 aliphatic heterocycles. The maximum atomic E-state index is 12.3. The highest BCUT2D eigenvalue weighted by molar-refractivity contribution is 8.26. The van der Waals surface area contributed by atoms with Gasteiger partial charge in [0.1, 0.15) is 10.1 Å². The summed E-state index contributed by atoms with van der Waals surface area (Å²) < 4.78 is 11.1. The molecule has 1 aromatic carbocycles. The second-order valence-corrected chi connectivity index (χ2v) is 6.42. The highest BCUT2D eigenvalue weighted by atomic mass is 32.2. The SMILES string of the molecule is CCCOc1ccc(C=C2SC(=S)N(CCOC)C2=O)cc1. The summed E-state index contributed by atoms with van der Waals surface area (Å²) in [6, 6.07) is 7.69. The maximum absolute atomic E-state index is 12.3. The number of nitrogens with zero attached hydrogens (tertiary/aromatic N) is 1. The van der Waals surface area contributed by atoms with Crippen molar-refractivity contribution < 1.29 is 14.3 Å². The van der Waals surface area contributed by atoms with E-state index in [1.54, 1.807) is 12.0 Å². The van der Waals surface area contributed by atoms with Crippen molar-refractivity contribution in [2.75, 3.05) is 26.9 Å². The normalized spacial score (nSPS) is 16.6. The highest BCUT2D eigenvalue weighted by Crippen LogP contribution is 2.32. The minimum Gasteiger partial charge on any atom is -0.494 e. The quantitative estimate of drug-likeness (QED) is 0.564. The molecule has 0 aliphatic carbocycles. The fraction of sp³-hybridized carbons (Fsp3) is 0.375. The summed E-state index contributed by atoms with van der Waals surface area (Å²) in [6.45, 7) is 3.74. The highest BCUT2D eigenvalue weighted by Gasteiger charge is 2.31. The Bertz CT molecular complexity index is 569. The zero-order valence-corrected chi connectivity index (χ0v) is 14.3. The molecule has 4 nitrogen and oxygen atoms in total. The van der Waals surface area contributed by atoms with Crippen LogP contribution in [0.25, 0.3) is 6.08 Å². The average molecular weight is 337 g/mol. The number of benzene rings is 1. The number of rotatable bonds is 7. The Morgan fingerprint density at radius 2 is 2.00 bits per heavy atom. The van der Waals surface area contributed by atoms with Gasteiger partial charge in [0.2, 0.25) is 0 Å². The Kier molecular flexibility index (Phi) is 6.42. The fourth-order valence-electron chi connectivity index (χ4n) is 1.91. The van der Waals surface area contributed by atoms with Gasteiger partial charge in [0.15, 0.2) is 0 Å². The van der Waals surface area contributed by atoms with Crippen LogP contribution in [-0.4, -0.2) is 42.0 Å². The lowest BCUT2D eigenvalue weighted by Crippen LogP contribution is -2.31. The molecule has 1 aliphatic rings. The summed E-state index contributed by atoms with van der Waals surface area (Å²) in [5, 5.41) is 0. The summed E-state index contributed by atoms with van der Waals surface area (Å²) >= 11 is 6.57. The molecule has 22 heavy (non-hydrogen) atoms. The van der Waals surface area contributed by atoms with Crippen molar-refractivity contribution in [3.63, 3.8) is 0 Å². The predicted octanol–water partition coefficient (Wildman–Crippen LogP) is 3.32. The molecular formula is C16H19NO3S2. The van der Waals surface area contributed by atoms with Crippen molar-refractivity contribution in [1.29, 1.82) is 0 Å². The van der Waals surface area contributed by atoms with Gasteiger partial charge in [-0.1, -0.05) is 43.0 Å². The molecule has 0 atom stereocenters. The molecule has 0 radical (unpaired) electrons. The van der Waals surface area contributed by atoms with Gasteiger partial charge in [-0.15, -0.1) is 0 Å². The molecule has 6 heteroatoms. The number of thiocarbonyl (C=S) groups is 1. The standard InChI is InChI=1S/C16H19NO3S2/c1-3-9-20-13-6-4-12(5-7-13)11-14-15(18)17(8-10-19-2)16(21)22-14/h4-7,11H,3,8-10H2,1-2H3. The molecule has 0 aromatic heterocycles. The summed E-state index contributed by atoms with van der Waals surface area (Å²) in [6.07, 6.45) is 2.83. The molecule has 0 N–H and O–H groups in total. The zero-order chi connectivity index (χ0) is 15.9. The van der Waals surface area contributed by atoms with Crippen LogP contribution >= 0.6 is 24.0 Å². The van der Waals surface area contributed by atoms with E-state index in [0.717, 1.165) is 17.7 Å². The van der Waals surface area contributed by atoms with E-state index in [-0.39, 0.29) is 5.91 Å². The van der Waals surface area contributed by atoms with E-state index in [1.807, 2.05) is 30.3 Å². The van der Waals surface area contributed by atoms with Gasteiger partial charge in [-0.3, -0.25) is 9.69 Å². The third-order valence-corrected chi connectivity index (χ3v) is 4.42. The summed E-state index contributed by atoms with van der Waals surface area (Å²) in [5.74, 6) is 0.782. The minimum atomic E-state index is -0.0571. The van der Waals surface area contributed by atoms with Crippen LogP contribution in [0.3, 0.4) is 0 Å². The molecule has 0 bridgehead atoms. The first-order valence-electron chi connectivity index (χ1n) is 7.13. The van der Waals surface area contributed by atoms with Crippen molar-refractivity contribution >= 4 is 40.3 Å². The van der Waals surface area contributed by atoms with Gasteiger partial charge in [-0.2, -0.15) is 0 Å². The van der Waals surface area contributed by atoms with E-state index < -0.39 is 0 Å². The molecule has 1 amide bonds. The van der Waals surface area contributed by atoms with Gasteiger partial charge in [0.05, 0.1) is 24.7 Å². The Morgan fingerprint density at radius 3 is 2.64 bits per heavy atom. The van der Waals surface area contributed by atoms with E-state index in [9.17, 15) is 4.79 Å². The second-order valence-electron chi connectivity index (χ2n) is 4.74. The van der Waals surface area contributed by atoms with Gasteiger partial charge in [-0.25, -0.2) is 0 Å². The molecular weight excluding hydrogens is 318 g/mol. The lowest BCUT2D eigenvalue weighted by atomic mass is 10.2. The number of carbonyl (C=O) groups excluding carboxylic acids is 1. The van der Waals surface area contributed by atoms with Gasteiger partial charge in [-0.05, 0) is 30.2 Å². The van der Waals surface area contributed by atoms with E-state index >= 15 is 0 Å².